The van der Waals surface area contributed by atoms with Gasteiger partial charge in [-0.15, -0.1) is 6.42 Å². The van der Waals surface area contributed by atoms with Crippen LogP contribution in [0.25, 0.3) is 0 Å². The maximum atomic E-state index is 12.3. The Bertz CT molecular complexity index is 693. The average Bonchev–Trinajstić information content (AvgIpc) is 3.04. The summed E-state index contributed by atoms with van der Waals surface area (Å²) in [5.41, 5.74) is 1.23. The van der Waals surface area contributed by atoms with Crippen LogP contribution >= 0.6 is 0 Å². The van der Waals surface area contributed by atoms with E-state index in [1.54, 1.807) is 31.3 Å². The molecule has 2 atom stereocenters. The summed E-state index contributed by atoms with van der Waals surface area (Å²) < 4.78 is 0. The molecule has 1 fully saturated rings. The lowest BCUT2D eigenvalue weighted by Gasteiger charge is -2.20. The van der Waals surface area contributed by atoms with Gasteiger partial charge in [0, 0.05) is 24.2 Å². The van der Waals surface area contributed by atoms with Crippen LogP contribution in [0, 0.1) is 24.2 Å². The number of rotatable bonds is 5. The molecular weight excluding hydrogens is 308 g/mol. The van der Waals surface area contributed by atoms with Gasteiger partial charge in [0.05, 0.1) is 12.5 Å². The molecule has 0 spiro atoms. The third kappa shape index (κ3) is 4.35. The van der Waals surface area contributed by atoms with Crippen LogP contribution in [0.15, 0.2) is 24.3 Å². The predicted octanol–water partition coefficient (Wildman–Crippen LogP) is 1.57. The van der Waals surface area contributed by atoms with E-state index in [4.69, 9.17) is 11.5 Å². The zero-order chi connectivity index (χ0) is 17.7. The minimum Gasteiger partial charge on any atom is -0.481 e. The first-order valence-corrected chi connectivity index (χ1v) is 7.75. The highest BCUT2D eigenvalue weighted by Crippen LogP contribution is 2.32. The Morgan fingerprint density at radius 3 is 2.67 bits per heavy atom. The number of carboxylic acid groups (broad SMARTS) is 1. The molecular formula is C18H20N2O4. The second-order valence-corrected chi connectivity index (χ2v) is 6.01. The Morgan fingerprint density at radius 1 is 1.33 bits per heavy atom. The SMILES string of the molecule is C#Cc1cccc(NC(=O)CN(C)C(=O)[C@@H]2CC[C@H](C(=O)O)C2)c1. The van der Waals surface area contributed by atoms with Gasteiger partial charge in [0.25, 0.3) is 0 Å². The molecule has 6 heteroatoms. The number of carboxylic acids is 1. The van der Waals surface area contributed by atoms with Gasteiger partial charge in [-0.3, -0.25) is 14.4 Å². The van der Waals surface area contributed by atoms with E-state index in [0.29, 0.717) is 30.5 Å². The molecule has 1 aromatic rings. The first kappa shape index (κ1) is 17.5. The lowest BCUT2D eigenvalue weighted by atomic mass is 10.0. The van der Waals surface area contributed by atoms with Crippen LogP contribution in [0.1, 0.15) is 24.8 Å². The Kier molecular flexibility index (Phi) is 5.59. The number of aliphatic carboxylic acids is 1. The van der Waals surface area contributed by atoms with Gasteiger partial charge in [-0.1, -0.05) is 12.0 Å². The maximum Gasteiger partial charge on any atom is 0.306 e. The summed E-state index contributed by atoms with van der Waals surface area (Å²) in [5.74, 6) is 0.319. The molecule has 1 aromatic carbocycles. The van der Waals surface area contributed by atoms with E-state index in [1.807, 2.05) is 0 Å². The molecule has 0 unspecified atom stereocenters. The molecule has 0 bridgehead atoms. The fourth-order valence-corrected chi connectivity index (χ4v) is 2.92. The molecule has 0 radical (unpaired) electrons. The molecule has 2 rings (SSSR count). The summed E-state index contributed by atoms with van der Waals surface area (Å²) in [6, 6.07) is 6.89. The summed E-state index contributed by atoms with van der Waals surface area (Å²) in [7, 11) is 1.55. The third-order valence-corrected chi connectivity index (χ3v) is 4.20. The van der Waals surface area contributed by atoms with Crippen LogP contribution in [0.2, 0.25) is 0 Å². The van der Waals surface area contributed by atoms with E-state index < -0.39 is 11.9 Å². The van der Waals surface area contributed by atoms with Gasteiger partial charge in [-0.25, -0.2) is 0 Å². The topological polar surface area (TPSA) is 86.7 Å². The number of likely N-dealkylation sites (N-methyl/N-ethyl adjacent to an activating group) is 1. The van der Waals surface area contributed by atoms with E-state index in [2.05, 4.69) is 11.2 Å². The standard InChI is InChI=1S/C18H20N2O4/c1-3-12-5-4-6-15(9-12)19-16(21)11-20(2)17(22)13-7-8-14(10-13)18(23)24/h1,4-6,9,13-14H,7-8,10-11H2,2H3,(H,19,21)(H,23,24)/t13-,14+/m1/s1. The molecule has 2 N–H and O–H groups in total. The van der Waals surface area contributed by atoms with Gasteiger partial charge >= 0.3 is 5.97 Å². The predicted molar refractivity (Wildman–Crippen MR) is 89.1 cm³/mol. The quantitative estimate of drug-likeness (QED) is 0.803. The molecule has 1 aliphatic carbocycles. The van der Waals surface area contributed by atoms with Gasteiger partial charge in [0.2, 0.25) is 11.8 Å². The summed E-state index contributed by atoms with van der Waals surface area (Å²) >= 11 is 0. The van der Waals surface area contributed by atoms with Gasteiger partial charge < -0.3 is 15.3 Å². The zero-order valence-electron chi connectivity index (χ0n) is 13.5. The van der Waals surface area contributed by atoms with E-state index in [9.17, 15) is 14.4 Å². The van der Waals surface area contributed by atoms with E-state index in [0.717, 1.165) is 0 Å². The van der Waals surface area contributed by atoms with Gasteiger partial charge in [0.15, 0.2) is 0 Å². The van der Waals surface area contributed by atoms with Crippen molar-refractivity contribution in [1.82, 2.24) is 4.90 Å². The number of hydrogen-bond acceptors (Lipinski definition) is 3. The number of anilines is 1. The van der Waals surface area contributed by atoms with Gasteiger partial charge in [0.1, 0.15) is 0 Å². The molecule has 2 amide bonds. The number of carbonyl (C=O) groups excluding carboxylic acids is 2. The van der Waals surface area contributed by atoms with Gasteiger partial charge in [-0.05, 0) is 37.5 Å². The Morgan fingerprint density at radius 2 is 2.04 bits per heavy atom. The molecule has 0 aliphatic heterocycles. The number of nitrogens with one attached hydrogen (secondary N) is 1. The fraction of sp³-hybridized carbons (Fsp3) is 0.389. The summed E-state index contributed by atoms with van der Waals surface area (Å²) in [6.45, 7) is -0.0899. The van der Waals surface area contributed by atoms with Crippen molar-refractivity contribution < 1.29 is 19.5 Å². The molecule has 1 saturated carbocycles. The minimum absolute atomic E-state index is 0.0899. The molecule has 6 nitrogen and oxygen atoms in total. The van der Waals surface area contributed by atoms with Crippen LogP contribution in [0.4, 0.5) is 5.69 Å². The number of benzene rings is 1. The lowest BCUT2D eigenvalue weighted by molar-refractivity contribution is -0.142. The Hall–Kier alpha value is -2.81. The minimum atomic E-state index is -0.862. The smallest absolute Gasteiger partial charge is 0.306 e. The van der Waals surface area contributed by atoms with E-state index in [1.165, 1.54) is 4.90 Å². The van der Waals surface area contributed by atoms with Crippen molar-refractivity contribution in [3.63, 3.8) is 0 Å². The fourth-order valence-electron chi connectivity index (χ4n) is 2.92. The van der Waals surface area contributed by atoms with Crippen molar-refractivity contribution in [1.29, 1.82) is 0 Å². The third-order valence-electron chi connectivity index (χ3n) is 4.20. The Balaban J connectivity index is 1.88. The monoisotopic (exact) mass is 328 g/mol. The molecule has 24 heavy (non-hydrogen) atoms. The highest BCUT2D eigenvalue weighted by atomic mass is 16.4. The highest BCUT2D eigenvalue weighted by molar-refractivity contribution is 5.95. The number of nitrogens with zero attached hydrogens (tertiary/aromatic N) is 1. The summed E-state index contributed by atoms with van der Waals surface area (Å²) in [4.78, 5) is 36.7. The van der Waals surface area contributed by atoms with Crippen molar-refractivity contribution in [2.75, 3.05) is 18.9 Å². The van der Waals surface area contributed by atoms with Crippen molar-refractivity contribution in [3.05, 3.63) is 29.8 Å². The van der Waals surface area contributed by atoms with Crippen molar-refractivity contribution in [3.8, 4) is 12.3 Å². The number of hydrogen-bond donors (Lipinski definition) is 2. The molecule has 0 saturated heterocycles. The molecule has 0 aromatic heterocycles. The normalized spacial score (nSPS) is 19.3. The number of amides is 2. The van der Waals surface area contributed by atoms with Crippen LogP contribution < -0.4 is 5.32 Å². The maximum absolute atomic E-state index is 12.3. The number of carbonyl (C=O) groups is 3. The van der Waals surface area contributed by atoms with Crippen LogP contribution in [-0.2, 0) is 14.4 Å². The molecule has 126 valence electrons. The van der Waals surface area contributed by atoms with Crippen LogP contribution in [0.3, 0.4) is 0 Å². The largest absolute Gasteiger partial charge is 0.481 e. The number of terminal acetylenes is 1. The Labute approximate surface area is 140 Å². The summed E-state index contributed by atoms with van der Waals surface area (Å²) in [6.07, 6.45) is 6.70. The van der Waals surface area contributed by atoms with Crippen molar-refractivity contribution in [2.45, 2.75) is 19.3 Å². The lowest BCUT2D eigenvalue weighted by Crippen LogP contribution is -2.38. The van der Waals surface area contributed by atoms with Gasteiger partial charge in [-0.2, -0.15) is 0 Å². The second kappa shape index (κ2) is 7.64. The first-order valence-electron chi connectivity index (χ1n) is 7.75. The van der Waals surface area contributed by atoms with E-state index >= 15 is 0 Å². The van der Waals surface area contributed by atoms with E-state index in [-0.39, 0.29) is 24.3 Å². The highest BCUT2D eigenvalue weighted by Gasteiger charge is 2.35. The molecule has 1 aliphatic rings. The van der Waals surface area contributed by atoms with Crippen LogP contribution in [-0.4, -0.2) is 41.4 Å². The van der Waals surface area contributed by atoms with Crippen LogP contribution in [0.5, 0.6) is 0 Å². The summed E-state index contributed by atoms with van der Waals surface area (Å²) in [5, 5.41) is 11.7. The molecule has 0 heterocycles. The first-order chi connectivity index (χ1) is 11.4. The van der Waals surface area contributed by atoms with Crippen molar-refractivity contribution in [2.24, 2.45) is 11.8 Å². The second-order valence-electron chi connectivity index (χ2n) is 6.01. The zero-order valence-corrected chi connectivity index (χ0v) is 13.5. The van der Waals surface area contributed by atoms with Crippen molar-refractivity contribution >= 4 is 23.5 Å². The average molecular weight is 328 g/mol.